The van der Waals surface area contributed by atoms with Crippen LogP contribution in [0.1, 0.15) is 49.1 Å². The normalized spacial score (nSPS) is 17.4. The number of hydrogen-bond acceptors (Lipinski definition) is 5. The molecule has 1 unspecified atom stereocenters. The van der Waals surface area contributed by atoms with Gasteiger partial charge in [-0.1, -0.05) is 50.6 Å². The molecule has 186 valence electrons. The summed E-state index contributed by atoms with van der Waals surface area (Å²) >= 11 is 0. The van der Waals surface area contributed by atoms with Crippen molar-refractivity contribution in [2.45, 2.75) is 39.2 Å². The van der Waals surface area contributed by atoms with E-state index in [1.165, 1.54) is 4.90 Å². The molecule has 0 saturated carbocycles. The highest BCUT2D eigenvalue weighted by atomic mass is 16.5. The van der Waals surface area contributed by atoms with Crippen molar-refractivity contribution in [1.82, 2.24) is 0 Å². The molecule has 6 nitrogen and oxygen atoms in total. The summed E-state index contributed by atoms with van der Waals surface area (Å²) in [6, 6.07) is 19.1. The number of rotatable bonds is 5. The van der Waals surface area contributed by atoms with Crippen molar-refractivity contribution in [3.63, 3.8) is 0 Å². The first kappa shape index (κ1) is 25.0. The van der Waals surface area contributed by atoms with Crippen molar-refractivity contribution in [3.05, 3.63) is 94.6 Å². The number of aryl methyl sites for hydroxylation is 1. The molecule has 1 heterocycles. The zero-order valence-electron chi connectivity index (χ0n) is 21.5. The van der Waals surface area contributed by atoms with Gasteiger partial charge in [0.25, 0.3) is 11.7 Å². The maximum absolute atomic E-state index is 13.4. The summed E-state index contributed by atoms with van der Waals surface area (Å²) in [6.45, 7) is 8.08. The Morgan fingerprint density at radius 2 is 1.61 bits per heavy atom. The van der Waals surface area contributed by atoms with E-state index in [1.807, 2.05) is 58.0 Å². The molecule has 1 aliphatic rings. The summed E-state index contributed by atoms with van der Waals surface area (Å²) in [7, 11) is 3.16. The van der Waals surface area contributed by atoms with E-state index in [0.717, 1.165) is 16.7 Å². The highest BCUT2D eigenvalue weighted by Crippen LogP contribution is 2.43. The fourth-order valence-corrected chi connectivity index (χ4v) is 4.59. The largest absolute Gasteiger partial charge is 0.507 e. The Hall–Kier alpha value is -4.06. The molecule has 1 aliphatic heterocycles. The second kappa shape index (κ2) is 9.53. The molecular formula is C30H31NO5. The van der Waals surface area contributed by atoms with Gasteiger partial charge in [0.2, 0.25) is 0 Å². The molecule has 1 amide bonds. The summed E-state index contributed by atoms with van der Waals surface area (Å²) in [5, 5.41) is 11.5. The quantitative estimate of drug-likeness (QED) is 0.275. The Bertz CT molecular complexity index is 1350. The number of Topliss-reactive ketones (excluding diaryl/α,β-unsaturated/α-hetero) is 1. The van der Waals surface area contributed by atoms with Crippen molar-refractivity contribution in [1.29, 1.82) is 0 Å². The lowest BCUT2D eigenvalue weighted by Gasteiger charge is -2.26. The molecule has 0 spiro atoms. The van der Waals surface area contributed by atoms with E-state index in [-0.39, 0.29) is 16.7 Å². The van der Waals surface area contributed by atoms with Gasteiger partial charge in [0, 0.05) is 16.8 Å². The van der Waals surface area contributed by atoms with Crippen LogP contribution < -0.4 is 14.4 Å². The van der Waals surface area contributed by atoms with Gasteiger partial charge in [0.15, 0.2) is 0 Å². The van der Waals surface area contributed by atoms with Crippen molar-refractivity contribution < 1.29 is 24.2 Å². The smallest absolute Gasteiger partial charge is 0.300 e. The fraction of sp³-hybridized carbons (Fsp3) is 0.267. The van der Waals surface area contributed by atoms with Crippen LogP contribution in [0.25, 0.3) is 5.76 Å². The Balaban J connectivity index is 1.95. The minimum absolute atomic E-state index is 0.0476. The summed E-state index contributed by atoms with van der Waals surface area (Å²) in [5.41, 5.74) is 3.35. The minimum Gasteiger partial charge on any atom is -0.507 e. The molecule has 4 rings (SSSR count). The number of carbonyl (C=O) groups is 2. The first-order valence-electron chi connectivity index (χ1n) is 11.8. The molecule has 0 aliphatic carbocycles. The second-order valence-electron chi connectivity index (χ2n) is 9.95. The van der Waals surface area contributed by atoms with Gasteiger partial charge in [-0.3, -0.25) is 14.5 Å². The van der Waals surface area contributed by atoms with Gasteiger partial charge in [-0.25, -0.2) is 0 Å². The zero-order chi connectivity index (χ0) is 26.2. The lowest BCUT2D eigenvalue weighted by Crippen LogP contribution is -2.29. The molecule has 3 aromatic carbocycles. The van der Waals surface area contributed by atoms with Crippen LogP contribution in [0, 0.1) is 6.92 Å². The fourth-order valence-electron chi connectivity index (χ4n) is 4.59. The molecule has 1 fully saturated rings. The average molecular weight is 486 g/mol. The van der Waals surface area contributed by atoms with Gasteiger partial charge < -0.3 is 14.6 Å². The number of benzene rings is 3. The third-order valence-electron chi connectivity index (χ3n) is 6.43. The van der Waals surface area contributed by atoms with E-state index in [2.05, 4.69) is 0 Å². The van der Waals surface area contributed by atoms with Crippen LogP contribution in [0.2, 0.25) is 0 Å². The first-order valence-corrected chi connectivity index (χ1v) is 11.8. The third kappa shape index (κ3) is 4.47. The predicted octanol–water partition coefficient (Wildman–Crippen LogP) is 5.94. The molecule has 0 aromatic heterocycles. The number of ketones is 1. The van der Waals surface area contributed by atoms with Crippen molar-refractivity contribution >= 4 is 23.1 Å². The van der Waals surface area contributed by atoms with Gasteiger partial charge in [-0.05, 0) is 60.4 Å². The first-order chi connectivity index (χ1) is 17.1. The molecule has 6 heteroatoms. The van der Waals surface area contributed by atoms with Crippen LogP contribution in [0.5, 0.6) is 11.5 Å². The molecule has 1 N–H and O–H groups in total. The number of ether oxygens (including phenoxy) is 2. The second-order valence-corrected chi connectivity index (χ2v) is 9.95. The van der Waals surface area contributed by atoms with E-state index in [9.17, 15) is 14.7 Å². The maximum atomic E-state index is 13.4. The van der Waals surface area contributed by atoms with Crippen LogP contribution in [-0.2, 0) is 15.0 Å². The molecule has 1 atom stereocenters. The van der Waals surface area contributed by atoms with Gasteiger partial charge in [-0.15, -0.1) is 0 Å². The summed E-state index contributed by atoms with van der Waals surface area (Å²) in [5.74, 6) is -0.326. The van der Waals surface area contributed by atoms with Crippen molar-refractivity contribution in [3.8, 4) is 11.5 Å². The Kier molecular flexibility index (Phi) is 6.63. The minimum atomic E-state index is -0.793. The number of anilines is 1. The van der Waals surface area contributed by atoms with E-state index in [0.29, 0.717) is 22.7 Å². The van der Waals surface area contributed by atoms with E-state index >= 15 is 0 Å². The Morgan fingerprint density at radius 3 is 2.19 bits per heavy atom. The Labute approximate surface area is 211 Å². The topological polar surface area (TPSA) is 76.1 Å². The van der Waals surface area contributed by atoms with E-state index in [1.54, 1.807) is 50.6 Å². The zero-order valence-corrected chi connectivity index (χ0v) is 21.5. The number of methoxy groups -OCH3 is 2. The molecular weight excluding hydrogens is 454 g/mol. The lowest BCUT2D eigenvalue weighted by molar-refractivity contribution is -0.132. The highest BCUT2D eigenvalue weighted by Gasteiger charge is 2.47. The number of amides is 1. The van der Waals surface area contributed by atoms with Crippen molar-refractivity contribution in [2.75, 3.05) is 19.1 Å². The summed E-state index contributed by atoms with van der Waals surface area (Å²) in [4.78, 5) is 28.3. The molecule has 1 saturated heterocycles. The molecule has 36 heavy (non-hydrogen) atoms. The summed E-state index contributed by atoms with van der Waals surface area (Å²) in [6.07, 6.45) is 0. The third-order valence-corrected chi connectivity index (χ3v) is 6.43. The van der Waals surface area contributed by atoms with Crippen LogP contribution in [-0.4, -0.2) is 31.0 Å². The van der Waals surface area contributed by atoms with E-state index in [4.69, 9.17) is 9.47 Å². The van der Waals surface area contributed by atoms with Crippen LogP contribution in [0.15, 0.2) is 72.3 Å². The van der Waals surface area contributed by atoms with Crippen LogP contribution in [0.3, 0.4) is 0 Å². The monoisotopic (exact) mass is 485 g/mol. The lowest BCUT2D eigenvalue weighted by atomic mass is 9.84. The Morgan fingerprint density at radius 1 is 0.917 bits per heavy atom. The van der Waals surface area contributed by atoms with Crippen LogP contribution in [0.4, 0.5) is 5.69 Å². The standard InChI is InChI=1S/C30H31NO5/c1-18-8-7-9-19(16-18)26-25(27(32)20-10-15-24(36-6)23(17-20)30(2,3)4)28(33)29(34)31(26)21-11-13-22(35-5)14-12-21/h7-17,26,32H,1-6H3/b27-25-. The number of aliphatic hydroxyl groups excluding tert-OH is 1. The van der Waals surface area contributed by atoms with E-state index < -0.39 is 17.7 Å². The average Bonchev–Trinajstić information content (AvgIpc) is 3.13. The van der Waals surface area contributed by atoms with Crippen molar-refractivity contribution in [2.24, 2.45) is 0 Å². The van der Waals surface area contributed by atoms with Gasteiger partial charge >= 0.3 is 0 Å². The molecule has 0 radical (unpaired) electrons. The van der Waals surface area contributed by atoms with Gasteiger partial charge in [0.1, 0.15) is 17.3 Å². The highest BCUT2D eigenvalue weighted by molar-refractivity contribution is 6.51. The van der Waals surface area contributed by atoms with Gasteiger partial charge in [0.05, 0.1) is 25.8 Å². The van der Waals surface area contributed by atoms with Crippen LogP contribution >= 0.6 is 0 Å². The molecule has 0 bridgehead atoms. The molecule has 3 aromatic rings. The number of aliphatic hydroxyl groups is 1. The number of carbonyl (C=O) groups excluding carboxylic acids is 2. The summed E-state index contributed by atoms with van der Waals surface area (Å²) < 4.78 is 10.8. The number of hydrogen-bond donors (Lipinski definition) is 1. The maximum Gasteiger partial charge on any atom is 0.300 e. The number of nitrogens with zero attached hydrogens (tertiary/aromatic N) is 1. The van der Waals surface area contributed by atoms with Gasteiger partial charge in [-0.2, -0.15) is 0 Å². The SMILES string of the molecule is COc1ccc(N2C(=O)C(=O)/C(=C(\O)c3ccc(OC)c(C(C)(C)C)c3)C2c2cccc(C)c2)cc1. The predicted molar refractivity (Wildman–Crippen MR) is 141 cm³/mol.